The highest BCUT2D eigenvalue weighted by molar-refractivity contribution is 7.99. The fourth-order valence-electron chi connectivity index (χ4n) is 2.26. The Morgan fingerprint density at radius 2 is 2.12 bits per heavy atom. The molecule has 0 bridgehead atoms. The van der Waals surface area contributed by atoms with Crippen LogP contribution in [0, 0.1) is 6.92 Å². The van der Waals surface area contributed by atoms with E-state index in [0.29, 0.717) is 5.16 Å². The number of rotatable bonds is 6. The van der Waals surface area contributed by atoms with Crippen molar-refractivity contribution in [3.8, 4) is 5.75 Å². The molecule has 0 aliphatic heterocycles. The molecular formula is C17H15F2N3O2S. The van der Waals surface area contributed by atoms with Gasteiger partial charge in [0.15, 0.2) is 5.16 Å². The maximum atomic E-state index is 12.4. The maximum Gasteiger partial charge on any atom is 0.387 e. The number of fused-ring (bicyclic) bond motifs is 1. The zero-order valence-corrected chi connectivity index (χ0v) is 14.1. The maximum absolute atomic E-state index is 12.4. The highest BCUT2D eigenvalue weighted by Crippen LogP contribution is 2.26. The van der Waals surface area contributed by atoms with Crippen molar-refractivity contribution in [2.45, 2.75) is 18.7 Å². The molecule has 1 amide bonds. The molecule has 25 heavy (non-hydrogen) atoms. The summed E-state index contributed by atoms with van der Waals surface area (Å²) in [5, 5.41) is 3.19. The summed E-state index contributed by atoms with van der Waals surface area (Å²) in [5.41, 5.74) is 3.04. The molecule has 0 aliphatic carbocycles. The molecule has 3 rings (SSSR count). The zero-order valence-electron chi connectivity index (χ0n) is 13.3. The number of halogens is 2. The molecule has 1 heterocycles. The molecular weight excluding hydrogens is 348 g/mol. The molecule has 0 atom stereocenters. The van der Waals surface area contributed by atoms with Gasteiger partial charge in [-0.1, -0.05) is 30.0 Å². The highest BCUT2D eigenvalue weighted by atomic mass is 32.2. The van der Waals surface area contributed by atoms with Gasteiger partial charge in [-0.2, -0.15) is 8.78 Å². The van der Waals surface area contributed by atoms with E-state index in [1.807, 2.05) is 25.1 Å². The minimum absolute atomic E-state index is 0.0740. The molecule has 5 nitrogen and oxygen atoms in total. The average molecular weight is 363 g/mol. The fraction of sp³-hybridized carbons (Fsp3) is 0.176. The van der Waals surface area contributed by atoms with Gasteiger partial charge in [0.25, 0.3) is 0 Å². The summed E-state index contributed by atoms with van der Waals surface area (Å²) >= 11 is 1.23. The Morgan fingerprint density at radius 3 is 2.92 bits per heavy atom. The van der Waals surface area contributed by atoms with Gasteiger partial charge >= 0.3 is 6.61 Å². The van der Waals surface area contributed by atoms with Gasteiger partial charge < -0.3 is 15.0 Å². The van der Waals surface area contributed by atoms with Crippen LogP contribution in [0.25, 0.3) is 11.0 Å². The topological polar surface area (TPSA) is 67.0 Å². The quantitative estimate of drug-likeness (QED) is 0.644. The van der Waals surface area contributed by atoms with Crippen LogP contribution in [0.1, 0.15) is 5.56 Å². The van der Waals surface area contributed by atoms with Crippen LogP contribution in [0.3, 0.4) is 0 Å². The number of anilines is 1. The van der Waals surface area contributed by atoms with Gasteiger partial charge in [-0.05, 0) is 36.8 Å². The lowest BCUT2D eigenvalue weighted by atomic mass is 10.2. The predicted octanol–water partition coefficient (Wildman–Crippen LogP) is 4.20. The number of H-pyrrole nitrogens is 1. The van der Waals surface area contributed by atoms with E-state index < -0.39 is 6.61 Å². The molecule has 0 aliphatic rings. The molecule has 0 saturated carbocycles. The Bertz CT molecular complexity index is 898. The molecule has 2 aromatic carbocycles. The monoisotopic (exact) mass is 363 g/mol. The molecule has 130 valence electrons. The smallest absolute Gasteiger partial charge is 0.387 e. The van der Waals surface area contributed by atoms with Crippen molar-refractivity contribution in [3.05, 3.63) is 48.0 Å². The van der Waals surface area contributed by atoms with Crippen LogP contribution in [0.2, 0.25) is 0 Å². The van der Waals surface area contributed by atoms with Crippen LogP contribution in [-0.2, 0) is 4.79 Å². The number of carbonyl (C=O) groups excluding carboxylic acids is 1. The van der Waals surface area contributed by atoms with Gasteiger partial charge in [0.05, 0.1) is 22.5 Å². The average Bonchev–Trinajstić information content (AvgIpc) is 2.96. The molecule has 8 heteroatoms. The second kappa shape index (κ2) is 7.52. The van der Waals surface area contributed by atoms with Gasteiger partial charge in [-0.25, -0.2) is 4.98 Å². The molecule has 0 spiro atoms. The first-order chi connectivity index (χ1) is 12.0. The van der Waals surface area contributed by atoms with Crippen molar-refractivity contribution in [2.24, 2.45) is 0 Å². The fourth-order valence-corrected chi connectivity index (χ4v) is 2.94. The first-order valence-electron chi connectivity index (χ1n) is 7.44. The number of ether oxygens (including phenoxy) is 1. The predicted molar refractivity (Wildman–Crippen MR) is 93.3 cm³/mol. The number of nitrogens with one attached hydrogen (secondary N) is 2. The molecule has 3 aromatic rings. The number of nitrogens with zero attached hydrogens (tertiary/aromatic N) is 1. The van der Waals surface area contributed by atoms with Gasteiger partial charge in [0.1, 0.15) is 5.75 Å². The Morgan fingerprint density at radius 1 is 1.32 bits per heavy atom. The van der Waals surface area contributed by atoms with E-state index in [1.54, 1.807) is 12.1 Å². The highest BCUT2D eigenvalue weighted by Gasteiger charge is 2.12. The van der Waals surface area contributed by atoms with Crippen molar-refractivity contribution >= 4 is 34.4 Å². The lowest BCUT2D eigenvalue weighted by Gasteiger charge is -2.11. The number of hydrogen-bond donors (Lipinski definition) is 2. The summed E-state index contributed by atoms with van der Waals surface area (Å²) in [6, 6.07) is 11.9. The van der Waals surface area contributed by atoms with Crippen LogP contribution >= 0.6 is 11.8 Å². The number of para-hydroxylation sites is 2. The van der Waals surface area contributed by atoms with E-state index in [0.717, 1.165) is 16.6 Å². The van der Waals surface area contributed by atoms with Gasteiger partial charge in [-0.15, -0.1) is 0 Å². The lowest BCUT2D eigenvalue weighted by molar-refractivity contribution is -0.113. The van der Waals surface area contributed by atoms with E-state index in [9.17, 15) is 13.6 Å². The molecule has 2 N–H and O–H groups in total. The summed E-state index contributed by atoms with van der Waals surface area (Å²) in [7, 11) is 0. The number of amides is 1. The Labute approximate surface area is 146 Å². The zero-order chi connectivity index (χ0) is 17.8. The van der Waals surface area contributed by atoms with E-state index in [2.05, 4.69) is 20.0 Å². The summed E-state index contributed by atoms with van der Waals surface area (Å²) in [4.78, 5) is 19.6. The minimum atomic E-state index is -2.95. The number of thioether (sulfide) groups is 1. The number of imidazole rings is 1. The SMILES string of the molecule is Cc1ccc2nc(SCC(=O)Nc3ccccc3OC(F)F)[nH]c2c1. The largest absolute Gasteiger partial charge is 0.433 e. The molecule has 1 aromatic heterocycles. The summed E-state index contributed by atoms with van der Waals surface area (Å²) < 4.78 is 29.2. The Hall–Kier alpha value is -2.61. The van der Waals surface area contributed by atoms with Gasteiger partial charge in [0, 0.05) is 0 Å². The molecule has 0 radical (unpaired) electrons. The van der Waals surface area contributed by atoms with Crippen LogP contribution in [0.15, 0.2) is 47.6 Å². The number of aryl methyl sites for hydroxylation is 1. The summed E-state index contributed by atoms with van der Waals surface area (Å²) in [5.74, 6) is -0.330. The van der Waals surface area contributed by atoms with Crippen molar-refractivity contribution in [1.29, 1.82) is 0 Å². The molecule has 0 fully saturated rings. The first kappa shape index (κ1) is 17.2. The van der Waals surface area contributed by atoms with E-state index >= 15 is 0 Å². The summed E-state index contributed by atoms with van der Waals surface area (Å²) in [6.07, 6.45) is 0. The number of carbonyl (C=O) groups is 1. The number of alkyl halides is 2. The summed E-state index contributed by atoms with van der Waals surface area (Å²) in [6.45, 7) is -0.967. The van der Waals surface area contributed by atoms with E-state index in [4.69, 9.17) is 0 Å². The van der Waals surface area contributed by atoms with Crippen molar-refractivity contribution in [3.63, 3.8) is 0 Å². The van der Waals surface area contributed by atoms with Crippen molar-refractivity contribution < 1.29 is 18.3 Å². The minimum Gasteiger partial charge on any atom is -0.433 e. The number of aromatic nitrogens is 2. The van der Waals surface area contributed by atoms with Crippen LogP contribution in [-0.4, -0.2) is 28.2 Å². The van der Waals surface area contributed by atoms with Crippen LogP contribution < -0.4 is 10.1 Å². The van der Waals surface area contributed by atoms with E-state index in [1.165, 1.54) is 23.9 Å². The second-order valence-electron chi connectivity index (χ2n) is 5.27. The third-order valence-corrected chi connectivity index (χ3v) is 4.21. The second-order valence-corrected chi connectivity index (χ2v) is 6.24. The third kappa shape index (κ3) is 4.48. The Balaban J connectivity index is 1.62. The first-order valence-corrected chi connectivity index (χ1v) is 8.42. The van der Waals surface area contributed by atoms with E-state index in [-0.39, 0.29) is 23.1 Å². The number of hydrogen-bond acceptors (Lipinski definition) is 4. The molecule has 0 saturated heterocycles. The van der Waals surface area contributed by atoms with Crippen molar-refractivity contribution in [1.82, 2.24) is 9.97 Å². The normalized spacial score (nSPS) is 11.0. The van der Waals surface area contributed by atoms with Crippen LogP contribution in [0.4, 0.5) is 14.5 Å². The third-order valence-electron chi connectivity index (χ3n) is 3.33. The van der Waals surface area contributed by atoms with Crippen molar-refractivity contribution in [2.75, 3.05) is 11.1 Å². The lowest BCUT2D eigenvalue weighted by Crippen LogP contribution is -2.15. The number of aromatic amines is 1. The van der Waals surface area contributed by atoms with Gasteiger partial charge in [0.2, 0.25) is 5.91 Å². The van der Waals surface area contributed by atoms with Gasteiger partial charge in [-0.3, -0.25) is 4.79 Å². The van der Waals surface area contributed by atoms with Crippen LogP contribution in [0.5, 0.6) is 5.75 Å². The molecule has 0 unspecified atom stereocenters. The number of benzene rings is 2. The standard InChI is InChI=1S/C17H15F2N3O2S/c1-10-6-7-11-13(8-10)22-17(21-11)25-9-15(23)20-12-4-2-3-5-14(12)24-16(18)19/h2-8,16H,9H2,1H3,(H,20,23)(H,21,22). The Kier molecular flexibility index (Phi) is 5.18.